The van der Waals surface area contributed by atoms with E-state index in [1.54, 1.807) is 42.5 Å². The molecule has 0 amide bonds. The number of aromatic hydroxyl groups is 1. The molecule has 0 bridgehead atoms. The Morgan fingerprint density at radius 2 is 1.76 bits per heavy atom. The third-order valence-electron chi connectivity index (χ3n) is 5.66. The summed E-state index contributed by atoms with van der Waals surface area (Å²) >= 11 is 0. The number of carbonyl (C=O) groups excluding carboxylic acids is 1. The number of benzene rings is 2. The lowest BCUT2D eigenvalue weighted by Gasteiger charge is -2.24. The first kappa shape index (κ1) is 22.7. The first-order valence-corrected chi connectivity index (χ1v) is 11.0. The van der Waals surface area contributed by atoms with E-state index < -0.39 is 18.2 Å². The summed E-state index contributed by atoms with van der Waals surface area (Å²) in [6, 6.07) is 15.0. The monoisotopic (exact) mass is 447 g/mol. The molecule has 2 aromatic carbocycles. The molecule has 0 spiro atoms. The lowest BCUT2D eigenvalue weighted by molar-refractivity contribution is -0.156. The molecule has 170 valence electrons. The van der Waals surface area contributed by atoms with Crippen molar-refractivity contribution < 1.29 is 24.1 Å². The van der Waals surface area contributed by atoms with Gasteiger partial charge in [0, 0.05) is 23.1 Å². The average molecular weight is 448 g/mol. The number of esters is 1. The SMILES string of the molecule is CC(C)c1cc(-c2ccc(O)cc2)nc(-c2ccc(F)cc2)c1C=C[C@@H]1C[C@@H](O)CC(=O)O1. The summed E-state index contributed by atoms with van der Waals surface area (Å²) in [5.41, 5.74) is 4.86. The number of aliphatic hydroxyl groups excluding tert-OH is 1. The van der Waals surface area contributed by atoms with Gasteiger partial charge < -0.3 is 14.9 Å². The van der Waals surface area contributed by atoms with E-state index in [0.29, 0.717) is 12.1 Å². The van der Waals surface area contributed by atoms with Crippen LogP contribution in [0.25, 0.3) is 28.6 Å². The summed E-state index contributed by atoms with van der Waals surface area (Å²) in [6.07, 6.45) is 2.74. The van der Waals surface area contributed by atoms with Crippen molar-refractivity contribution in [2.45, 2.75) is 44.8 Å². The number of halogens is 1. The van der Waals surface area contributed by atoms with Crippen molar-refractivity contribution >= 4 is 12.0 Å². The molecule has 1 aromatic heterocycles. The van der Waals surface area contributed by atoms with Crippen LogP contribution in [0.5, 0.6) is 5.75 Å². The number of ether oxygens (including phenoxy) is 1. The number of cyclic esters (lactones) is 1. The molecule has 1 aliphatic heterocycles. The fourth-order valence-corrected chi connectivity index (χ4v) is 3.97. The van der Waals surface area contributed by atoms with Gasteiger partial charge in [0.05, 0.1) is 23.9 Å². The zero-order valence-electron chi connectivity index (χ0n) is 18.5. The van der Waals surface area contributed by atoms with Gasteiger partial charge in [-0.1, -0.05) is 19.9 Å². The Labute approximate surface area is 192 Å². The average Bonchev–Trinajstić information content (AvgIpc) is 2.77. The van der Waals surface area contributed by atoms with Gasteiger partial charge in [-0.25, -0.2) is 9.37 Å². The van der Waals surface area contributed by atoms with E-state index in [1.807, 2.05) is 12.1 Å². The number of aliphatic hydroxyl groups is 1. The zero-order chi connectivity index (χ0) is 23.5. The van der Waals surface area contributed by atoms with Crippen molar-refractivity contribution in [3.63, 3.8) is 0 Å². The summed E-state index contributed by atoms with van der Waals surface area (Å²) in [7, 11) is 0. The third-order valence-corrected chi connectivity index (χ3v) is 5.66. The molecule has 1 fully saturated rings. The van der Waals surface area contributed by atoms with E-state index in [9.17, 15) is 19.4 Å². The second-order valence-corrected chi connectivity index (χ2v) is 8.55. The zero-order valence-corrected chi connectivity index (χ0v) is 18.5. The maximum atomic E-state index is 13.6. The van der Waals surface area contributed by atoms with Crippen LogP contribution in [0.15, 0.2) is 60.7 Å². The fraction of sp³-hybridized carbons (Fsp3) is 0.259. The summed E-state index contributed by atoms with van der Waals surface area (Å²) in [6.45, 7) is 4.15. The van der Waals surface area contributed by atoms with Crippen LogP contribution in [0.3, 0.4) is 0 Å². The van der Waals surface area contributed by atoms with Crippen molar-refractivity contribution in [3.8, 4) is 28.3 Å². The summed E-state index contributed by atoms with van der Waals surface area (Å²) in [5, 5.41) is 19.6. The molecule has 33 heavy (non-hydrogen) atoms. The minimum atomic E-state index is -0.725. The molecular formula is C27H26FNO4. The molecule has 4 rings (SSSR count). The smallest absolute Gasteiger partial charge is 0.309 e. The van der Waals surface area contributed by atoms with Crippen LogP contribution in [-0.2, 0) is 9.53 Å². The van der Waals surface area contributed by atoms with E-state index in [1.165, 1.54) is 12.1 Å². The van der Waals surface area contributed by atoms with Crippen molar-refractivity contribution in [2.75, 3.05) is 0 Å². The molecule has 2 N–H and O–H groups in total. The van der Waals surface area contributed by atoms with Crippen LogP contribution < -0.4 is 0 Å². The van der Waals surface area contributed by atoms with Gasteiger partial charge in [0.2, 0.25) is 0 Å². The fourth-order valence-electron chi connectivity index (χ4n) is 3.97. The second kappa shape index (κ2) is 9.55. The number of phenolic OH excluding ortho intramolecular Hbond substituents is 1. The van der Waals surface area contributed by atoms with Crippen LogP contribution in [0, 0.1) is 5.82 Å². The van der Waals surface area contributed by atoms with Gasteiger partial charge in [-0.2, -0.15) is 0 Å². The molecule has 1 aliphatic rings. The van der Waals surface area contributed by atoms with Crippen LogP contribution in [0.4, 0.5) is 4.39 Å². The molecule has 0 radical (unpaired) electrons. The lowest BCUT2D eigenvalue weighted by atomic mass is 9.91. The first-order valence-electron chi connectivity index (χ1n) is 11.0. The lowest BCUT2D eigenvalue weighted by Crippen LogP contribution is -2.31. The third kappa shape index (κ3) is 5.29. The minimum absolute atomic E-state index is 0.00525. The normalized spacial score (nSPS) is 18.6. The van der Waals surface area contributed by atoms with Gasteiger partial charge in [0.25, 0.3) is 0 Å². The highest BCUT2D eigenvalue weighted by atomic mass is 19.1. The molecule has 5 nitrogen and oxygen atoms in total. The Balaban J connectivity index is 1.85. The predicted octanol–water partition coefficient (Wildman–Crippen LogP) is 5.46. The molecule has 6 heteroatoms. The van der Waals surface area contributed by atoms with E-state index in [4.69, 9.17) is 9.72 Å². The number of hydrogen-bond acceptors (Lipinski definition) is 5. The van der Waals surface area contributed by atoms with Crippen molar-refractivity contribution in [1.82, 2.24) is 4.98 Å². The quantitative estimate of drug-likeness (QED) is 0.508. The van der Waals surface area contributed by atoms with Crippen LogP contribution in [0.2, 0.25) is 0 Å². The number of nitrogens with zero attached hydrogens (tertiary/aromatic N) is 1. The van der Waals surface area contributed by atoms with Gasteiger partial charge in [0.1, 0.15) is 17.7 Å². The Hall–Kier alpha value is -3.51. The number of carbonyl (C=O) groups is 1. The first-order chi connectivity index (χ1) is 15.8. The Bertz CT molecular complexity index is 1170. The molecular weight excluding hydrogens is 421 g/mol. The maximum Gasteiger partial charge on any atom is 0.309 e. The maximum absolute atomic E-state index is 13.6. The van der Waals surface area contributed by atoms with E-state index in [2.05, 4.69) is 13.8 Å². The van der Waals surface area contributed by atoms with Gasteiger partial charge in [-0.3, -0.25) is 4.79 Å². The van der Waals surface area contributed by atoms with Gasteiger partial charge in [0.15, 0.2) is 0 Å². The number of rotatable bonds is 5. The highest BCUT2D eigenvalue weighted by Gasteiger charge is 2.25. The number of aromatic nitrogens is 1. The summed E-state index contributed by atoms with van der Waals surface area (Å²) in [4.78, 5) is 16.6. The molecule has 0 saturated carbocycles. The molecule has 0 unspecified atom stereocenters. The number of hydrogen-bond donors (Lipinski definition) is 2. The summed E-state index contributed by atoms with van der Waals surface area (Å²) in [5.74, 6) is -0.447. The number of phenols is 1. The minimum Gasteiger partial charge on any atom is -0.508 e. The van der Waals surface area contributed by atoms with Gasteiger partial charge >= 0.3 is 5.97 Å². The molecule has 1 saturated heterocycles. The summed E-state index contributed by atoms with van der Waals surface area (Å²) < 4.78 is 19.0. The highest BCUT2D eigenvalue weighted by Crippen LogP contribution is 2.34. The molecule has 0 aliphatic carbocycles. The largest absolute Gasteiger partial charge is 0.508 e. The van der Waals surface area contributed by atoms with Crippen molar-refractivity contribution in [2.24, 2.45) is 0 Å². The Kier molecular flexibility index (Phi) is 6.56. The Morgan fingerprint density at radius 3 is 2.39 bits per heavy atom. The number of pyridine rings is 1. The van der Waals surface area contributed by atoms with Gasteiger partial charge in [-0.15, -0.1) is 0 Å². The van der Waals surface area contributed by atoms with E-state index in [-0.39, 0.29) is 23.9 Å². The highest BCUT2D eigenvalue weighted by molar-refractivity contribution is 5.78. The van der Waals surface area contributed by atoms with E-state index in [0.717, 1.165) is 27.9 Å². The van der Waals surface area contributed by atoms with Crippen molar-refractivity contribution in [3.05, 3.63) is 77.6 Å². The Morgan fingerprint density at radius 1 is 1.09 bits per heavy atom. The molecule has 3 aromatic rings. The van der Waals surface area contributed by atoms with Crippen LogP contribution in [-0.4, -0.2) is 33.4 Å². The topological polar surface area (TPSA) is 79.7 Å². The van der Waals surface area contributed by atoms with Gasteiger partial charge in [-0.05, 0) is 72.2 Å². The van der Waals surface area contributed by atoms with Crippen LogP contribution in [0.1, 0.15) is 43.7 Å². The molecule has 2 heterocycles. The standard InChI is InChI=1S/C27H26FNO4/c1-16(2)24-15-25(17-5-9-20(30)10-6-17)29-27(18-3-7-19(28)8-4-18)23(24)12-11-22-13-21(31)14-26(32)33-22/h3-12,15-16,21-22,30-31H,13-14H2,1-2H3/t21-,22-/m1/s1. The second-order valence-electron chi connectivity index (χ2n) is 8.55. The van der Waals surface area contributed by atoms with Crippen LogP contribution >= 0.6 is 0 Å². The van der Waals surface area contributed by atoms with E-state index >= 15 is 0 Å². The van der Waals surface area contributed by atoms with Crippen molar-refractivity contribution in [1.29, 1.82) is 0 Å². The molecule has 2 atom stereocenters. The predicted molar refractivity (Wildman–Crippen MR) is 125 cm³/mol.